The standard InChI is InChI=1S/C12H14BrClO2/c1-16-12(15)10(13)7-4-6-9-5-2-3-8-11(9)14/h2-3,5,8,10H,4,6-7H2,1H3. The van der Waals surface area contributed by atoms with Crippen LogP contribution in [0.15, 0.2) is 24.3 Å². The van der Waals surface area contributed by atoms with Gasteiger partial charge in [-0.05, 0) is 30.9 Å². The van der Waals surface area contributed by atoms with Crippen molar-refractivity contribution in [2.45, 2.75) is 24.1 Å². The molecular formula is C12H14BrClO2. The number of hydrogen-bond donors (Lipinski definition) is 0. The maximum absolute atomic E-state index is 11.1. The summed E-state index contributed by atoms with van der Waals surface area (Å²) < 4.78 is 4.63. The van der Waals surface area contributed by atoms with E-state index >= 15 is 0 Å². The number of ether oxygens (including phenoxy) is 1. The fourth-order valence-electron chi connectivity index (χ4n) is 1.42. The number of esters is 1. The first-order valence-corrected chi connectivity index (χ1v) is 6.40. The molecule has 0 aliphatic heterocycles. The molecule has 0 aromatic heterocycles. The van der Waals surface area contributed by atoms with E-state index in [1.165, 1.54) is 7.11 Å². The summed E-state index contributed by atoms with van der Waals surface area (Å²) in [5.74, 6) is -0.223. The van der Waals surface area contributed by atoms with E-state index in [1.54, 1.807) is 0 Å². The number of benzene rings is 1. The number of aryl methyl sites for hydroxylation is 1. The van der Waals surface area contributed by atoms with Crippen molar-refractivity contribution in [3.8, 4) is 0 Å². The first kappa shape index (κ1) is 13.5. The zero-order chi connectivity index (χ0) is 12.0. The van der Waals surface area contributed by atoms with E-state index in [0.29, 0.717) is 0 Å². The van der Waals surface area contributed by atoms with Crippen LogP contribution >= 0.6 is 27.5 Å². The molecule has 0 heterocycles. The first-order valence-electron chi connectivity index (χ1n) is 5.10. The Bertz CT molecular complexity index is 355. The Morgan fingerprint density at radius 2 is 2.19 bits per heavy atom. The summed E-state index contributed by atoms with van der Waals surface area (Å²) in [5.41, 5.74) is 1.12. The molecule has 16 heavy (non-hydrogen) atoms. The predicted octanol–water partition coefficient (Wildman–Crippen LogP) is 3.60. The predicted molar refractivity (Wildman–Crippen MR) is 69.1 cm³/mol. The largest absolute Gasteiger partial charge is 0.468 e. The third-order valence-corrected chi connectivity index (χ3v) is 3.52. The highest BCUT2D eigenvalue weighted by atomic mass is 79.9. The molecule has 1 aromatic rings. The Morgan fingerprint density at radius 1 is 1.50 bits per heavy atom. The van der Waals surface area contributed by atoms with Gasteiger partial charge in [-0.3, -0.25) is 4.79 Å². The van der Waals surface area contributed by atoms with Gasteiger partial charge in [0.25, 0.3) is 0 Å². The average molecular weight is 306 g/mol. The van der Waals surface area contributed by atoms with Crippen LogP contribution in [0.5, 0.6) is 0 Å². The Labute approximate surface area is 109 Å². The quantitative estimate of drug-likeness (QED) is 0.614. The average Bonchev–Trinajstić information content (AvgIpc) is 2.30. The summed E-state index contributed by atoms with van der Waals surface area (Å²) in [6, 6.07) is 7.76. The summed E-state index contributed by atoms with van der Waals surface area (Å²) in [6.45, 7) is 0. The van der Waals surface area contributed by atoms with Crippen molar-refractivity contribution in [2.75, 3.05) is 7.11 Å². The minimum atomic E-state index is -0.223. The van der Waals surface area contributed by atoms with Crippen molar-refractivity contribution >= 4 is 33.5 Å². The van der Waals surface area contributed by atoms with Crippen LogP contribution in [-0.4, -0.2) is 17.9 Å². The van der Waals surface area contributed by atoms with E-state index in [2.05, 4.69) is 20.7 Å². The fraction of sp³-hybridized carbons (Fsp3) is 0.417. The van der Waals surface area contributed by atoms with E-state index in [4.69, 9.17) is 11.6 Å². The van der Waals surface area contributed by atoms with Crippen LogP contribution in [0.3, 0.4) is 0 Å². The van der Waals surface area contributed by atoms with Gasteiger partial charge < -0.3 is 4.74 Å². The van der Waals surface area contributed by atoms with Gasteiger partial charge in [0.05, 0.1) is 7.11 Å². The van der Waals surface area contributed by atoms with Gasteiger partial charge in [-0.15, -0.1) is 0 Å². The number of carbonyl (C=O) groups excluding carboxylic acids is 1. The molecule has 0 aliphatic carbocycles. The molecule has 0 fully saturated rings. The maximum Gasteiger partial charge on any atom is 0.319 e. The molecule has 0 radical (unpaired) electrons. The molecule has 2 nitrogen and oxygen atoms in total. The van der Waals surface area contributed by atoms with Gasteiger partial charge >= 0.3 is 5.97 Å². The molecular weight excluding hydrogens is 291 g/mol. The minimum absolute atomic E-state index is 0.222. The molecule has 0 N–H and O–H groups in total. The highest BCUT2D eigenvalue weighted by molar-refractivity contribution is 9.10. The number of methoxy groups -OCH3 is 1. The molecule has 1 unspecified atom stereocenters. The van der Waals surface area contributed by atoms with E-state index in [1.807, 2.05) is 24.3 Å². The van der Waals surface area contributed by atoms with Crippen LogP contribution in [-0.2, 0) is 16.0 Å². The minimum Gasteiger partial charge on any atom is -0.468 e. The Hall–Kier alpha value is -0.540. The van der Waals surface area contributed by atoms with Gasteiger partial charge in [-0.2, -0.15) is 0 Å². The molecule has 1 aromatic carbocycles. The van der Waals surface area contributed by atoms with Crippen molar-refractivity contribution in [2.24, 2.45) is 0 Å². The molecule has 0 spiro atoms. The number of carbonyl (C=O) groups is 1. The van der Waals surface area contributed by atoms with Gasteiger partial charge in [0.1, 0.15) is 4.83 Å². The lowest BCUT2D eigenvalue weighted by molar-refractivity contribution is -0.139. The zero-order valence-electron chi connectivity index (χ0n) is 9.08. The number of hydrogen-bond acceptors (Lipinski definition) is 2. The summed E-state index contributed by atoms with van der Waals surface area (Å²) in [6.07, 6.45) is 2.52. The third-order valence-electron chi connectivity index (χ3n) is 2.32. The van der Waals surface area contributed by atoms with Gasteiger partial charge in [-0.1, -0.05) is 45.7 Å². The number of alkyl halides is 1. The van der Waals surface area contributed by atoms with Crippen molar-refractivity contribution in [1.29, 1.82) is 0 Å². The second-order valence-electron chi connectivity index (χ2n) is 3.47. The van der Waals surface area contributed by atoms with Gasteiger partial charge in [-0.25, -0.2) is 0 Å². The van der Waals surface area contributed by atoms with Crippen molar-refractivity contribution < 1.29 is 9.53 Å². The van der Waals surface area contributed by atoms with Gasteiger partial charge in [0, 0.05) is 5.02 Å². The molecule has 4 heteroatoms. The van der Waals surface area contributed by atoms with E-state index < -0.39 is 0 Å². The monoisotopic (exact) mass is 304 g/mol. The first-order chi connectivity index (χ1) is 7.65. The Kier molecular flexibility index (Phi) is 5.85. The van der Waals surface area contributed by atoms with Gasteiger partial charge in [0.2, 0.25) is 0 Å². The van der Waals surface area contributed by atoms with Crippen LogP contribution < -0.4 is 0 Å². The highest BCUT2D eigenvalue weighted by Crippen LogP contribution is 2.19. The van der Waals surface area contributed by atoms with Crippen LogP contribution in [0.1, 0.15) is 18.4 Å². The fourth-order valence-corrected chi connectivity index (χ4v) is 2.16. The summed E-state index contributed by atoms with van der Waals surface area (Å²) in [5, 5.41) is 0.784. The molecule has 0 bridgehead atoms. The molecule has 0 aliphatic rings. The zero-order valence-corrected chi connectivity index (χ0v) is 11.4. The lowest BCUT2D eigenvalue weighted by Gasteiger charge is -2.07. The molecule has 1 rings (SSSR count). The lowest BCUT2D eigenvalue weighted by atomic mass is 10.1. The Balaban J connectivity index is 2.36. The molecule has 0 saturated carbocycles. The van der Waals surface area contributed by atoms with Crippen LogP contribution in [0.4, 0.5) is 0 Å². The summed E-state index contributed by atoms with van der Waals surface area (Å²) in [4.78, 5) is 10.9. The second kappa shape index (κ2) is 6.92. The second-order valence-corrected chi connectivity index (χ2v) is 4.99. The lowest BCUT2D eigenvalue weighted by Crippen LogP contribution is -2.15. The maximum atomic E-state index is 11.1. The number of rotatable bonds is 5. The van der Waals surface area contributed by atoms with Crippen molar-refractivity contribution in [1.82, 2.24) is 0 Å². The summed E-state index contributed by atoms with van der Waals surface area (Å²) in [7, 11) is 1.39. The highest BCUT2D eigenvalue weighted by Gasteiger charge is 2.14. The molecule has 0 amide bonds. The van der Waals surface area contributed by atoms with Crippen LogP contribution in [0, 0.1) is 0 Å². The van der Waals surface area contributed by atoms with Gasteiger partial charge in [0.15, 0.2) is 0 Å². The van der Waals surface area contributed by atoms with Crippen molar-refractivity contribution in [3.05, 3.63) is 34.9 Å². The normalized spacial score (nSPS) is 12.2. The van der Waals surface area contributed by atoms with Crippen LogP contribution in [0.2, 0.25) is 5.02 Å². The molecule has 88 valence electrons. The van der Waals surface area contributed by atoms with E-state index in [-0.39, 0.29) is 10.8 Å². The Morgan fingerprint density at radius 3 is 2.81 bits per heavy atom. The molecule has 0 saturated heterocycles. The summed E-state index contributed by atoms with van der Waals surface area (Å²) >= 11 is 9.31. The SMILES string of the molecule is COC(=O)C(Br)CCCc1ccccc1Cl. The van der Waals surface area contributed by atoms with Crippen LogP contribution in [0.25, 0.3) is 0 Å². The molecule has 1 atom stereocenters. The number of halogens is 2. The topological polar surface area (TPSA) is 26.3 Å². The van der Waals surface area contributed by atoms with E-state index in [0.717, 1.165) is 29.8 Å². The van der Waals surface area contributed by atoms with Crippen molar-refractivity contribution in [3.63, 3.8) is 0 Å². The van der Waals surface area contributed by atoms with E-state index in [9.17, 15) is 4.79 Å². The third kappa shape index (κ3) is 4.14. The smallest absolute Gasteiger partial charge is 0.319 e.